The lowest BCUT2D eigenvalue weighted by Gasteiger charge is -2.19. The van der Waals surface area contributed by atoms with Gasteiger partial charge in [0, 0.05) is 4.47 Å². The summed E-state index contributed by atoms with van der Waals surface area (Å²) >= 11 is 6.88. The van der Waals surface area contributed by atoms with E-state index in [1.165, 1.54) is 0 Å². The Kier molecular flexibility index (Phi) is 6.61. The Morgan fingerprint density at radius 3 is 2.30 bits per heavy atom. The minimum Gasteiger partial charge on any atom is -0.454 e. The zero-order valence-corrected chi connectivity index (χ0v) is 19.4. The third kappa shape index (κ3) is 5.48. The number of fused-ring (bicyclic) bond motifs is 2. The van der Waals surface area contributed by atoms with Crippen molar-refractivity contribution in [1.82, 2.24) is 15.4 Å². The maximum Gasteiger partial charge on any atom is 0.536 e. The molecule has 0 aliphatic carbocycles. The summed E-state index contributed by atoms with van der Waals surface area (Å²) in [5.74, 6) is 0.333. The first-order valence-electron chi connectivity index (χ1n) is 8.64. The fourth-order valence-corrected chi connectivity index (χ4v) is 3.71. The van der Waals surface area contributed by atoms with E-state index < -0.39 is 24.6 Å². The van der Waals surface area contributed by atoms with Gasteiger partial charge in [0.05, 0.1) is 15.5 Å². The van der Waals surface area contributed by atoms with Crippen LogP contribution in [0.1, 0.15) is 20.8 Å². The molecule has 1 heterocycles. The first kappa shape index (κ1) is 22.0. The molecule has 0 unspecified atom stereocenters. The van der Waals surface area contributed by atoms with Gasteiger partial charge >= 0.3 is 12.2 Å². The maximum atomic E-state index is 11.6. The van der Waals surface area contributed by atoms with Crippen molar-refractivity contribution in [2.24, 2.45) is 0 Å². The number of ether oxygens (including phenoxy) is 3. The second kappa shape index (κ2) is 9.00. The summed E-state index contributed by atoms with van der Waals surface area (Å²) in [6.07, 6.45) is -2.10. The number of hydroxylamine groups is 1. The summed E-state index contributed by atoms with van der Waals surface area (Å²) in [6.45, 7) is 4.53. The monoisotopic (exact) mass is 541 g/mol. The molecule has 158 valence electrons. The van der Waals surface area contributed by atoms with Crippen molar-refractivity contribution in [3.63, 3.8) is 0 Å². The predicted octanol–water partition coefficient (Wildman–Crippen LogP) is 5.24. The van der Waals surface area contributed by atoms with E-state index in [1.54, 1.807) is 26.8 Å². The highest BCUT2D eigenvalue weighted by molar-refractivity contribution is 9.11. The molecule has 2 aromatic carbocycles. The molecule has 0 aliphatic rings. The molecule has 11 heteroatoms. The summed E-state index contributed by atoms with van der Waals surface area (Å²) < 4.78 is 16.6. The number of hydrogen-bond donors (Lipinski definition) is 1. The quantitative estimate of drug-likeness (QED) is 0.207. The Labute approximate surface area is 188 Å². The van der Waals surface area contributed by atoms with Gasteiger partial charge in [-0.25, -0.2) is 19.6 Å². The summed E-state index contributed by atoms with van der Waals surface area (Å²) in [6, 6.07) is 9.17. The second-order valence-electron chi connectivity index (χ2n) is 6.94. The Morgan fingerprint density at radius 2 is 1.67 bits per heavy atom. The number of para-hydroxylation sites is 2. The van der Waals surface area contributed by atoms with Gasteiger partial charge in [0.2, 0.25) is 6.79 Å². The van der Waals surface area contributed by atoms with E-state index in [0.29, 0.717) is 26.8 Å². The number of carbonyl (C=O) groups excluding carboxylic acids is 2. The number of carbonyl (C=O) groups is 2. The van der Waals surface area contributed by atoms with Crippen LogP contribution < -0.4 is 10.2 Å². The number of benzene rings is 2. The van der Waals surface area contributed by atoms with Crippen LogP contribution in [0.3, 0.4) is 0 Å². The molecule has 0 fully saturated rings. The lowest BCUT2D eigenvalue weighted by molar-refractivity contribution is -0.0312. The van der Waals surface area contributed by atoms with Gasteiger partial charge in [-0.15, -0.1) is 5.48 Å². The molecule has 0 saturated heterocycles. The van der Waals surface area contributed by atoms with Gasteiger partial charge in [-0.2, -0.15) is 0 Å². The summed E-state index contributed by atoms with van der Waals surface area (Å²) in [7, 11) is 0. The minimum atomic E-state index is -1.17. The SMILES string of the molecule is CC(C)(C)OC(=O)NOC(=O)OCOc1c(Br)cc(Br)c2nc3ccccc3nc12. The molecule has 0 saturated carbocycles. The average molecular weight is 543 g/mol. The van der Waals surface area contributed by atoms with E-state index in [9.17, 15) is 9.59 Å². The van der Waals surface area contributed by atoms with Gasteiger partial charge in [-0.1, -0.05) is 12.1 Å². The summed E-state index contributed by atoms with van der Waals surface area (Å²) in [5, 5.41) is 0. The number of amides is 1. The highest BCUT2D eigenvalue weighted by atomic mass is 79.9. The van der Waals surface area contributed by atoms with Crippen molar-refractivity contribution in [1.29, 1.82) is 0 Å². The lowest BCUT2D eigenvalue weighted by atomic mass is 10.2. The molecular weight excluding hydrogens is 526 g/mol. The first-order chi connectivity index (χ1) is 14.1. The van der Waals surface area contributed by atoms with Crippen LogP contribution in [0, 0.1) is 0 Å². The molecule has 1 aromatic heterocycles. The van der Waals surface area contributed by atoms with Crippen LogP contribution in [0.2, 0.25) is 0 Å². The highest BCUT2D eigenvalue weighted by Gasteiger charge is 2.19. The molecule has 0 bridgehead atoms. The fraction of sp³-hybridized carbons (Fsp3) is 0.263. The van der Waals surface area contributed by atoms with Crippen molar-refractivity contribution in [3.8, 4) is 5.75 Å². The zero-order chi connectivity index (χ0) is 21.9. The number of hydrogen-bond acceptors (Lipinski definition) is 8. The molecule has 0 atom stereocenters. The standard InChI is InChI=1S/C19H17Br2N3O6/c1-19(2,3)29-17(25)24-30-18(26)28-9-27-16-11(21)8-10(20)14-15(16)23-13-7-5-4-6-12(13)22-14/h4-8H,9H2,1-3H3,(H,24,25). The van der Waals surface area contributed by atoms with Crippen LogP contribution in [0.5, 0.6) is 5.75 Å². The second-order valence-corrected chi connectivity index (χ2v) is 8.65. The summed E-state index contributed by atoms with van der Waals surface area (Å²) in [5.41, 5.74) is 3.56. The molecule has 0 radical (unpaired) electrons. The van der Waals surface area contributed by atoms with Crippen LogP contribution >= 0.6 is 31.9 Å². The van der Waals surface area contributed by atoms with Gasteiger partial charge < -0.3 is 19.0 Å². The Morgan fingerprint density at radius 1 is 1.03 bits per heavy atom. The topological polar surface area (TPSA) is 109 Å². The van der Waals surface area contributed by atoms with Crippen molar-refractivity contribution in [2.75, 3.05) is 6.79 Å². The van der Waals surface area contributed by atoms with Crippen LogP contribution in [-0.4, -0.2) is 34.6 Å². The summed E-state index contributed by atoms with van der Waals surface area (Å²) in [4.78, 5) is 36.8. The number of nitrogens with one attached hydrogen (secondary N) is 1. The van der Waals surface area contributed by atoms with Gasteiger partial charge in [-0.05, 0) is 70.8 Å². The number of aromatic nitrogens is 2. The average Bonchev–Trinajstić information content (AvgIpc) is 2.66. The number of rotatable bonds is 3. The van der Waals surface area contributed by atoms with Gasteiger partial charge in [0.25, 0.3) is 0 Å². The van der Waals surface area contributed by atoms with Crippen molar-refractivity contribution in [2.45, 2.75) is 26.4 Å². The van der Waals surface area contributed by atoms with E-state index in [-0.39, 0.29) is 0 Å². The molecule has 0 aliphatic heterocycles. The molecule has 9 nitrogen and oxygen atoms in total. The Balaban J connectivity index is 1.68. The van der Waals surface area contributed by atoms with Crippen molar-refractivity contribution in [3.05, 3.63) is 39.3 Å². The van der Waals surface area contributed by atoms with E-state index in [4.69, 9.17) is 14.2 Å². The zero-order valence-electron chi connectivity index (χ0n) is 16.2. The fourth-order valence-electron chi connectivity index (χ4n) is 2.37. The largest absolute Gasteiger partial charge is 0.536 e. The Bertz CT molecular complexity index is 1120. The highest BCUT2D eigenvalue weighted by Crippen LogP contribution is 2.37. The van der Waals surface area contributed by atoms with E-state index in [1.807, 2.05) is 29.7 Å². The van der Waals surface area contributed by atoms with Crippen LogP contribution in [-0.2, 0) is 14.3 Å². The van der Waals surface area contributed by atoms with Crippen LogP contribution in [0.25, 0.3) is 22.1 Å². The van der Waals surface area contributed by atoms with Gasteiger partial charge in [0.1, 0.15) is 16.6 Å². The minimum absolute atomic E-state index is 0.333. The molecule has 30 heavy (non-hydrogen) atoms. The molecule has 3 aromatic rings. The third-order valence-electron chi connectivity index (χ3n) is 3.48. The van der Waals surface area contributed by atoms with Crippen molar-refractivity contribution >= 4 is 66.2 Å². The van der Waals surface area contributed by atoms with Crippen LogP contribution in [0.15, 0.2) is 39.3 Å². The number of nitrogens with zero attached hydrogens (tertiary/aromatic N) is 2. The lowest BCUT2D eigenvalue weighted by Crippen LogP contribution is -2.34. The smallest absolute Gasteiger partial charge is 0.454 e. The van der Waals surface area contributed by atoms with Crippen LogP contribution in [0.4, 0.5) is 9.59 Å². The molecular formula is C19H17Br2N3O6. The molecule has 1 N–H and O–H groups in total. The van der Waals surface area contributed by atoms with E-state index >= 15 is 0 Å². The molecule has 0 spiro atoms. The van der Waals surface area contributed by atoms with Gasteiger partial charge in [0.15, 0.2) is 5.75 Å². The molecule has 1 amide bonds. The predicted molar refractivity (Wildman–Crippen MR) is 115 cm³/mol. The van der Waals surface area contributed by atoms with Crippen molar-refractivity contribution < 1.29 is 28.6 Å². The van der Waals surface area contributed by atoms with E-state index in [2.05, 4.69) is 46.7 Å². The Hall–Kier alpha value is -2.66. The van der Waals surface area contributed by atoms with E-state index in [0.717, 1.165) is 9.99 Å². The molecule has 3 rings (SSSR count). The number of halogens is 2. The third-order valence-corrected chi connectivity index (χ3v) is 4.67. The normalized spacial score (nSPS) is 11.2. The van der Waals surface area contributed by atoms with Gasteiger partial charge in [-0.3, -0.25) is 0 Å². The first-order valence-corrected chi connectivity index (χ1v) is 10.2. The maximum absolute atomic E-state index is 11.6.